The van der Waals surface area contributed by atoms with Crippen molar-refractivity contribution in [1.29, 1.82) is 0 Å². The van der Waals surface area contributed by atoms with Crippen LogP contribution in [0.4, 0.5) is 4.39 Å². The van der Waals surface area contributed by atoms with Gasteiger partial charge in [0.05, 0.1) is 0 Å². The topological polar surface area (TPSA) is 0 Å². The number of hydrogen-bond acceptors (Lipinski definition) is 2. The van der Waals surface area contributed by atoms with E-state index in [1.807, 2.05) is 19.1 Å². The fourth-order valence-electron chi connectivity index (χ4n) is 1.03. The van der Waals surface area contributed by atoms with Crippen molar-refractivity contribution in [2.75, 3.05) is 5.75 Å². The van der Waals surface area contributed by atoms with Gasteiger partial charge in [-0.2, -0.15) is 0 Å². The normalized spacial score (nSPS) is 12.8. The van der Waals surface area contributed by atoms with Crippen LogP contribution in [0, 0.1) is 5.82 Å². The van der Waals surface area contributed by atoms with Crippen molar-refractivity contribution >= 4 is 21.6 Å². The van der Waals surface area contributed by atoms with Crippen LogP contribution in [0.25, 0.3) is 0 Å². The largest absolute Gasteiger partial charge is 0.207 e. The van der Waals surface area contributed by atoms with Crippen LogP contribution in [0.1, 0.15) is 24.7 Å². The van der Waals surface area contributed by atoms with E-state index in [0.717, 1.165) is 11.3 Å². The molecule has 0 aliphatic rings. The zero-order valence-corrected chi connectivity index (χ0v) is 9.42. The van der Waals surface area contributed by atoms with Gasteiger partial charge < -0.3 is 0 Å². The Bertz CT molecular complexity index is 263. The number of rotatable bonds is 4. The molecule has 0 saturated carbocycles. The lowest BCUT2D eigenvalue weighted by atomic mass is 10.1. The van der Waals surface area contributed by atoms with E-state index >= 15 is 0 Å². The third kappa shape index (κ3) is 3.24. The molecule has 72 valence electrons. The molecule has 0 amide bonds. The molecule has 0 bridgehead atoms. The van der Waals surface area contributed by atoms with E-state index in [2.05, 4.69) is 6.92 Å². The van der Waals surface area contributed by atoms with E-state index in [-0.39, 0.29) is 11.1 Å². The van der Waals surface area contributed by atoms with E-state index < -0.39 is 0 Å². The van der Waals surface area contributed by atoms with Crippen molar-refractivity contribution in [1.82, 2.24) is 0 Å². The lowest BCUT2D eigenvalue weighted by Crippen LogP contribution is -1.91. The van der Waals surface area contributed by atoms with Crippen LogP contribution in [-0.4, -0.2) is 5.75 Å². The molecule has 13 heavy (non-hydrogen) atoms. The Morgan fingerprint density at radius 3 is 2.69 bits per heavy atom. The van der Waals surface area contributed by atoms with Gasteiger partial charge in [-0.3, -0.25) is 0 Å². The molecule has 0 fully saturated rings. The fourth-order valence-corrected chi connectivity index (χ4v) is 2.99. The summed E-state index contributed by atoms with van der Waals surface area (Å²) in [5.41, 5.74) is 0.799. The highest BCUT2D eigenvalue weighted by atomic mass is 33.1. The second-order valence-electron chi connectivity index (χ2n) is 2.67. The second-order valence-corrected chi connectivity index (χ2v) is 5.66. The van der Waals surface area contributed by atoms with E-state index in [4.69, 9.17) is 0 Å². The first-order valence-corrected chi connectivity index (χ1v) is 6.66. The van der Waals surface area contributed by atoms with Gasteiger partial charge in [0.2, 0.25) is 0 Å². The maximum absolute atomic E-state index is 13.2. The maximum Gasteiger partial charge on any atom is 0.127 e. The molecule has 3 heteroatoms. The molecule has 0 aromatic heterocycles. The highest BCUT2D eigenvalue weighted by Gasteiger charge is 2.09. The van der Waals surface area contributed by atoms with Crippen LogP contribution in [-0.2, 0) is 0 Å². The number of benzene rings is 1. The summed E-state index contributed by atoms with van der Waals surface area (Å²) in [6.45, 7) is 4.14. The molecular weight excluding hydrogens is 203 g/mol. The highest BCUT2D eigenvalue weighted by Crippen LogP contribution is 2.37. The average Bonchev–Trinajstić information content (AvgIpc) is 2.15. The van der Waals surface area contributed by atoms with Gasteiger partial charge in [0.25, 0.3) is 0 Å². The van der Waals surface area contributed by atoms with Crippen LogP contribution < -0.4 is 0 Å². The highest BCUT2D eigenvalue weighted by molar-refractivity contribution is 8.76. The van der Waals surface area contributed by atoms with Gasteiger partial charge in [-0.25, -0.2) is 4.39 Å². The zero-order chi connectivity index (χ0) is 9.68. The summed E-state index contributed by atoms with van der Waals surface area (Å²) in [5.74, 6) is 0.961. The summed E-state index contributed by atoms with van der Waals surface area (Å²) in [5, 5.41) is 0.228. The lowest BCUT2D eigenvalue weighted by molar-refractivity contribution is 0.611. The molecule has 1 rings (SSSR count). The minimum atomic E-state index is -0.0980. The predicted octanol–water partition coefficient (Wildman–Crippen LogP) is 4.29. The van der Waals surface area contributed by atoms with Crippen molar-refractivity contribution in [3.8, 4) is 0 Å². The monoisotopic (exact) mass is 216 g/mol. The Hall–Kier alpha value is -0.150. The van der Waals surface area contributed by atoms with Crippen LogP contribution in [0.2, 0.25) is 0 Å². The van der Waals surface area contributed by atoms with Gasteiger partial charge in [0, 0.05) is 16.6 Å². The quantitative estimate of drug-likeness (QED) is 0.689. The van der Waals surface area contributed by atoms with Gasteiger partial charge in [0.1, 0.15) is 5.82 Å². The van der Waals surface area contributed by atoms with E-state index in [0.29, 0.717) is 0 Å². The Labute approximate surface area is 86.7 Å². The molecule has 1 atom stereocenters. The molecule has 0 aliphatic carbocycles. The zero-order valence-electron chi connectivity index (χ0n) is 7.79. The Kier molecular flexibility index (Phi) is 4.67. The second kappa shape index (κ2) is 5.55. The average molecular weight is 216 g/mol. The first-order valence-electron chi connectivity index (χ1n) is 4.28. The lowest BCUT2D eigenvalue weighted by Gasteiger charge is -2.10. The molecule has 0 aliphatic heterocycles. The molecular formula is C10H13FS2. The predicted molar refractivity (Wildman–Crippen MR) is 60.5 cm³/mol. The van der Waals surface area contributed by atoms with E-state index in [1.54, 1.807) is 27.7 Å². The minimum absolute atomic E-state index is 0.0980. The first-order chi connectivity index (χ1) is 6.25. The summed E-state index contributed by atoms with van der Waals surface area (Å²) in [7, 11) is 3.49. The SMILES string of the molecule is CCSSC(C)c1ccccc1F. The molecule has 1 unspecified atom stereocenters. The fraction of sp³-hybridized carbons (Fsp3) is 0.400. The first kappa shape index (κ1) is 10.9. The van der Waals surface area contributed by atoms with Crippen LogP contribution in [0.15, 0.2) is 24.3 Å². The van der Waals surface area contributed by atoms with Gasteiger partial charge in [-0.05, 0) is 13.0 Å². The molecule has 0 nitrogen and oxygen atoms in total. The molecule has 1 aromatic carbocycles. The minimum Gasteiger partial charge on any atom is -0.207 e. The smallest absolute Gasteiger partial charge is 0.127 e. The van der Waals surface area contributed by atoms with Crippen molar-refractivity contribution in [2.24, 2.45) is 0 Å². The van der Waals surface area contributed by atoms with Crippen molar-refractivity contribution in [3.63, 3.8) is 0 Å². The van der Waals surface area contributed by atoms with Gasteiger partial charge in [-0.1, -0.05) is 46.7 Å². The van der Waals surface area contributed by atoms with Crippen molar-refractivity contribution in [3.05, 3.63) is 35.6 Å². The number of halogens is 1. The summed E-state index contributed by atoms with van der Waals surface area (Å²) < 4.78 is 13.2. The van der Waals surface area contributed by atoms with Gasteiger partial charge >= 0.3 is 0 Å². The van der Waals surface area contributed by atoms with Gasteiger partial charge in [0.15, 0.2) is 0 Å². The van der Waals surface area contributed by atoms with E-state index in [1.165, 1.54) is 6.07 Å². The summed E-state index contributed by atoms with van der Waals surface area (Å²) in [6, 6.07) is 6.97. The van der Waals surface area contributed by atoms with Gasteiger partial charge in [-0.15, -0.1) is 0 Å². The summed E-state index contributed by atoms with van der Waals surface area (Å²) in [6.07, 6.45) is 0. The molecule has 1 aromatic rings. The molecule has 0 heterocycles. The Balaban J connectivity index is 2.65. The third-order valence-electron chi connectivity index (χ3n) is 1.67. The molecule has 0 N–H and O–H groups in total. The molecule has 0 saturated heterocycles. The van der Waals surface area contributed by atoms with Crippen molar-refractivity contribution in [2.45, 2.75) is 19.1 Å². The maximum atomic E-state index is 13.2. The number of hydrogen-bond donors (Lipinski definition) is 0. The molecule has 0 spiro atoms. The van der Waals surface area contributed by atoms with Crippen LogP contribution in [0.5, 0.6) is 0 Å². The van der Waals surface area contributed by atoms with Crippen molar-refractivity contribution < 1.29 is 4.39 Å². The standard InChI is InChI=1S/C10H13FS2/c1-3-12-13-8(2)9-6-4-5-7-10(9)11/h4-8H,3H2,1-2H3. The van der Waals surface area contributed by atoms with E-state index in [9.17, 15) is 4.39 Å². The van der Waals surface area contributed by atoms with Crippen LogP contribution in [0.3, 0.4) is 0 Å². The molecule has 0 radical (unpaired) electrons. The Morgan fingerprint density at radius 2 is 2.08 bits per heavy atom. The Morgan fingerprint density at radius 1 is 1.38 bits per heavy atom. The summed E-state index contributed by atoms with van der Waals surface area (Å²) >= 11 is 0. The summed E-state index contributed by atoms with van der Waals surface area (Å²) in [4.78, 5) is 0. The third-order valence-corrected chi connectivity index (χ3v) is 4.57. The van der Waals surface area contributed by atoms with Crippen LogP contribution >= 0.6 is 21.6 Å².